The summed E-state index contributed by atoms with van der Waals surface area (Å²) in [5.74, 6) is 0.484. The summed E-state index contributed by atoms with van der Waals surface area (Å²) in [5.41, 5.74) is 0.799. The van der Waals surface area contributed by atoms with E-state index in [1.807, 2.05) is 0 Å². The second-order valence-corrected chi connectivity index (χ2v) is 11.1. The smallest absolute Gasteiger partial charge is 0.263 e. The monoisotopic (exact) mass is 480 g/mol. The van der Waals surface area contributed by atoms with Crippen LogP contribution in [0.4, 0.5) is 11.5 Å². The van der Waals surface area contributed by atoms with Gasteiger partial charge in [-0.15, -0.1) is 0 Å². The first-order valence-electron chi connectivity index (χ1n) is 8.74. The Hall–Kier alpha value is -3.16. The normalized spacial score (nSPS) is 12.2. The summed E-state index contributed by atoms with van der Waals surface area (Å²) in [6.45, 7) is 1.62. The fourth-order valence-electron chi connectivity index (χ4n) is 2.87. The van der Waals surface area contributed by atoms with Gasteiger partial charge in [0, 0.05) is 18.8 Å². The summed E-state index contributed by atoms with van der Waals surface area (Å²) in [5, 5.41) is 3.89. The fraction of sp³-hybridized carbons (Fsp3) is 0.111. The molecule has 0 fully saturated rings. The summed E-state index contributed by atoms with van der Waals surface area (Å²) in [6, 6.07) is 10.9. The van der Waals surface area contributed by atoms with E-state index in [0.29, 0.717) is 16.7 Å². The third-order valence-electron chi connectivity index (χ3n) is 4.34. The molecule has 2 N–H and O–H groups in total. The molecule has 0 saturated heterocycles. The van der Waals surface area contributed by atoms with E-state index in [4.69, 9.17) is 4.52 Å². The number of hydrogen-bond acceptors (Lipinski definition) is 8. The molecule has 0 amide bonds. The molecule has 0 atom stereocenters. The first-order valence-corrected chi connectivity index (χ1v) is 12.5. The highest BCUT2D eigenvalue weighted by molar-refractivity contribution is 7.93. The predicted molar refractivity (Wildman–Crippen MR) is 116 cm³/mol. The first kappa shape index (κ1) is 21.1. The number of anilines is 2. The Morgan fingerprint density at radius 3 is 2.23 bits per heavy atom. The van der Waals surface area contributed by atoms with Crippen molar-refractivity contribution in [3.05, 3.63) is 63.8 Å². The van der Waals surface area contributed by atoms with Gasteiger partial charge in [0.15, 0.2) is 5.82 Å². The predicted octanol–water partition coefficient (Wildman–Crippen LogP) is 2.50. The number of rotatable bonds is 6. The minimum atomic E-state index is -3.99. The van der Waals surface area contributed by atoms with Crippen molar-refractivity contribution in [2.75, 3.05) is 9.44 Å². The lowest BCUT2D eigenvalue weighted by Crippen LogP contribution is -2.15. The van der Waals surface area contributed by atoms with Crippen LogP contribution in [0.15, 0.2) is 67.6 Å². The third-order valence-corrected chi connectivity index (χ3v) is 7.95. The molecule has 0 radical (unpaired) electrons. The van der Waals surface area contributed by atoms with Crippen molar-refractivity contribution >= 4 is 54.0 Å². The number of fused-ring (bicyclic) bond motifs is 1. The molecule has 0 spiro atoms. The number of aromatic nitrogens is 2. The molecule has 4 aromatic rings. The highest BCUT2D eigenvalue weighted by atomic mass is 32.2. The Bertz CT molecular complexity index is 1550. The molecule has 2 heterocycles. The minimum Gasteiger partial charge on any atom is -0.360 e. The zero-order valence-corrected chi connectivity index (χ0v) is 18.6. The average Bonchev–Trinajstić information content (AvgIpc) is 3.23. The van der Waals surface area contributed by atoms with Gasteiger partial charge < -0.3 is 4.52 Å². The lowest BCUT2D eigenvalue weighted by Gasteiger charge is -2.10. The van der Waals surface area contributed by atoms with Crippen LogP contribution in [0.25, 0.3) is 10.9 Å². The van der Waals surface area contributed by atoms with Crippen LogP contribution in [0, 0.1) is 6.92 Å². The van der Waals surface area contributed by atoms with Crippen LogP contribution in [-0.4, -0.2) is 25.9 Å². The van der Waals surface area contributed by atoms with Crippen molar-refractivity contribution in [1.29, 1.82) is 0 Å². The Balaban J connectivity index is 1.57. The molecule has 0 aliphatic rings. The van der Waals surface area contributed by atoms with Gasteiger partial charge in [0.1, 0.15) is 5.76 Å². The summed E-state index contributed by atoms with van der Waals surface area (Å²) in [4.78, 5) is 11.9. The Morgan fingerprint density at radius 1 is 0.935 bits per heavy atom. The molecular weight excluding hydrogens is 464 g/mol. The third kappa shape index (κ3) is 4.19. The van der Waals surface area contributed by atoms with Crippen LogP contribution >= 0.6 is 11.5 Å². The van der Waals surface area contributed by atoms with Gasteiger partial charge >= 0.3 is 0 Å². The maximum Gasteiger partial charge on any atom is 0.263 e. The van der Waals surface area contributed by atoms with Crippen LogP contribution in [0.1, 0.15) is 5.76 Å². The molecule has 0 aliphatic heterocycles. The standard InChI is InChI=1S/C18H16N4O6S3/c1-11-9-17(19-28-11)21-30(24,25)13-5-3-12(4-6-13)20-31(26,27)14-7-8-16-15(10-14)18(23)29-22(16)2/h3-10,20H,1-2H3,(H,19,21). The number of nitrogens with one attached hydrogen (secondary N) is 2. The lowest BCUT2D eigenvalue weighted by molar-refractivity contribution is 0.400. The maximum atomic E-state index is 12.7. The minimum absolute atomic E-state index is 0.0391. The topological polar surface area (TPSA) is 140 Å². The van der Waals surface area contributed by atoms with E-state index in [0.717, 1.165) is 11.5 Å². The van der Waals surface area contributed by atoms with E-state index < -0.39 is 20.0 Å². The van der Waals surface area contributed by atoms with Crippen LogP contribution < -0.4 is 14.2 Å². The second kappa shape index (κ2) is 7.51. The molecular formula is C18H16N4O6S3. The largest absolute Gasteiger partial charge is 0.360 e. The van der Waals surface area contributed by atoms with Gasteiger partial charge in [0.05, 0.1) is 20.7 Å². The van der Waals surface area contributed by atoms with E-state index in [1.165, 1.54) is 42.5 Å². The van der Waals surface area contributed by atoms with Gasteiger partial charge in [-0.2, -0.15) is 0 Å². The maximum absolute atomic E-state index is 12.7. The molecule has 4 rings (SSSR count). The second-order valence-electron chi connectivity index (χ2n) is 6.61. The highest BCUT2D eigenvalue weighted by Gasteiger charge is 2.19. The molecule has 0 aliphatic carbocycles. The van der Waals surface area contributed by atoms with Crippen LogP contribution in [0.5, 0.6) is 0 Å². The van der Waals surface area contributed by atoms with E-state index >= 15 is 0 Å². The number of benzene rings is 2. The molecule has 10 nitrogen and oxygen atoms in total. The van der Waals surface area contributed by atoms with Crippen LogP contribution in [0.2, 0.25) is 0 Å². The van der Waals surface area contributed by atoms with Crippen molar-refractivity contribution < 1.29 is 21.4 Å². The van der Waals surface area contributed by atoms with Gasteiger partial charge in [0.25, 0.3) is 24.8 Å². The number of sulfonamides is 2. The molecule has 2 aromatic heterocycles. The molecule has 31 heavy (non-hydrogen) atoms. The Kier molecular flexibility index (Phi) is 5.11. The molecule has 2 aromatic carbocycles. The summed E-state index contributed by atoms with van der Waals surface area (Å²) in [6.07, 6.45) is 0. The van der Waals surface area contributed by atoms with Crippen molar-refractivity contribution in [3.63, 3.8) is 0 Å². The van der Waals surface area contributed by atoms with Crippen molar-refractivity contribution in [2.45, 2.75) is 16.7 Å². The number of nitrogens with zero attached hydrogens (tertiary/aromatic N) is 2. The lowest BCUT2D eigenvalue weighted by atomic mass is 10.2. The van der Waals surface area contributed by atoms with Crippen molar-refractivity contribution in [2.24, 2.45) is 7.05 Å². The molecule has 162 valence electrons. The van der Waals surface area contributed by atoms with Gasteiger partial charge in [-0.1, -0.05) is 5.16 Å². The van der Waals surface area contributed by atoms with E-state index in [1.54, 1.807) is 24.0 Å². The van der Waals surface area contributed by atoms with Gasteiger partial charge in [-0.3, -0.25) is 18.2 Å². The fourth-order valence-corrected chi connectivity index (χ4v) is 5.71. The van der Waals surface area contributed by atoms with E-state index in [-0.39, 0.29) is 26.0 Å². The molecule has 13 heteroatoms. The zero-order valence-electron chi connectivity index (χ0n) is 16.2. The number of aryl methyl sites for hydroxylation is 2. The molecule has 0 bridgehead atoms. The first-order chi connectivity index (χ1) is 14.5. The van der Waals surface area contributed by atoms with Crippen LogP contribution in [0.3, 0.4) is 0 Å². The Morgan fingerprint density at radius 2 is 1.58 bits per heavy atom. The zero-order chi connectivity index (χ0) is 22.4. The number of hydrogen-bond donors (Lipinski definition) is 2. The van der Waals surface area contributed by atoms with Crippen molar-refractivity contribution in [1.82, 2.24) is 9.11 Å². The summed E-state index contributed by atoms with van der Waals surface area (Å²) >= 11 is 0.984. The summed E-state index contributed by atoms with van der Waals surface area (Å²) in [7, 11) is -6.20. The average molecular weight is 481 g/mol. The van der Waals surface area contributed by atoms with Crippen LogP contribution in [-0.2, 0) is 27.1 Å². The van der Waals surface area contributed by atoms with Gasteiger partial charge in [-0.25, -0.2) is 16.8 Å². The quantitative estimate of drug-likeness (QED) is 0.432. The van der Waals surface area contributed by atoms with E-state index in [2.05, 4.69) is 14.6 Å². The SMILES string of the molecule is Cc1cc(NS(=O)(=O)c2ccc(NS(=O)(=O)c3ccc4c(c3)c(=O)sn4C)cc2)no1. The van der Waals surface area contributed by atoms with E-state index in [9.17, 15) is 21.6 Å². The van der Waals surface area contributed by atoms with Gasteiger partial charge in [-0.05, 0) is 60.9 Å². The van der Waals surface area contributed by atoms with Gasteiger partial charge in [0.2, 0.25) is 0 Å². The Labute approximate surface area is 181 Å². The summed E-state index contributed by atoms with van der Waals surface area (Å²) < 4.78 is 61.2. The molecule has 0 saturated carbocycles. The highest BCUT2D eigenvalue weighted by Crippen LogP contribution is 2.23. The molecule has 0 unspecified atom stereocenters. The van der Waals surface area contributed by atoms with Crippen molar-refractivity contribution in [3.8, 4) is 0 Å².